The van der Waals surface area contributed by atoms with Crippen molar-refractivity contribution in [1.29, 1.82) is 0 Å². The van der Waals surface area contributed by atoms with Gasteiger partial charge in [0.15, 0.2) is 0 Å². The molecule has 1 aliphatic rings. The topological polar surface area (TPSA) is 95.8 Å². The molecule has 102 valence electrons. The third-order valence-electron chi connectivity index (χ3n) is 2.84. The van der Waals surface area contributed by atoms with Crippen LogP contribution in [0.25, 0.3) is 0 Å². The Bertz CT molecular complexity index is 600. The SMILES string of the molecule is O=C(O)Nc1ccc2c(c1)N=C(C[SH](=O)=O)CCC2. The zero-order valence-electron chi connectivity index (χ0n) is 10.1. The predicted octanol–water partition coefficient (Wildman–Crippen LogP) is 1.80. The highest BCUT2D eigenvalue weighted by atomic mass is 32.2. The van der Waals surface area contributed by atoms with E-state index in [1.165, 1.54) is 0 Å². The number of hydrogen-bond donors (Lipinski definition) is 3. The van der Waals surface area contributed by atoms with E-state index >= 15 is 0 Å². The molecular formula is C12H14N2O4S. The lowest BCUT2D eigenvalue weighted by Gasteiger charge is -2.06. The minimum absolute atomic E-state index is 0.0363. The average molecular weight is 282 g/mol. The summed E-state index contributed by atoms with van der Waals surface area (Å²) in [6, 6.07) is 5.14. The second-order valence-corrected chi connectivity index (χ2v) is 5.28. The number of thiol groups is 1. The Kier molecular flexibility index (Phi) is 4.16. The summed E-state index contributed by atoms with van der Waals surface area (Å²) in [5.74, 6) is -0.0363. The number of nitrogens with one attached hydrogen (secondary N) is 1. The summed E-state index contributed by atoms with van der Waals surface area (Å²) < 4.78 is 21.5. The Morgan fingerprint density at radius 1 is 1.37 bits per heavy atom. The fourth-order valence-electron chi connectivity index (χ4n) is 2.05. The van der Waals surface area contributed by atoms with Gasteiger partial charge in [0, 0.05) is 11.4 Å². The summed E-state index contributed by atoms with van der Waals surface area (Å²) in [6.07, 6.45) is 1.17. The first-order valence-electron chi connectivity index (χ1n) is 5.86. The molecule has 2 rings (SSSR count). The van der Waals surface area contributed by atoms with E-state index in [0.29, 0.717) is 23.5 Å². The molecule has 0 fully saturated rings. The number of fused-ring (bicyclic) bond motifs is 1. The summed E-state index contributed by atoms with van der Waals surface area (Å²) >= 11 is 0. The summed E-state index contributed by atoms with van der Waals surface area (Å²) in [7, 11) is -2.49. The van der Waals surface area contributed by atoms with E-state index in [9.17, 15) is 13.2 Å². The zero-order valence-corrected chi connectivity index (χ0v) is 11.0. The summed E-state index contributed by atoms with van der Waals surface area (Å²) in [5, 5.41) is 10.9. The van der Waals surface area contributed by atoms with Crippen LogP contribution in [0.4, 0.5) is 16.2 Å². The summed E-state index contributed by atoms with van der Waals surface area (Å²) in [4.78, 5) is 14.9. The lowest BCUT2D eigenvalue weighted by molar-refractivity contribution is 0.210. The first kappa shape index (κ1) is 13.5. The number of benzene rings is 1. The first-order chi connectivity index (χ1) is 9.04. The molecule has 7 heteroatoms. The van der Waals surface area contributed by atoms with E-state index in [-0.39, 0.29) is 5.75 Å². The van der Waals surface area contributed by atoms with Crippen LogP contribution in [-0.2, 0) is 17.1 Å². The molecule has 1 aliphatic heterocycles. The van der Waals surface area contributed by atoms with Crippen LogP contribution in [0.5, 0.6) is 0 Å². The molecule has 0 saturated carbocycles. The molecule has 1 amide bonds. The quantitative estimate of drug-likeness (QED) is 0.736. The van der Waals surface area contributed by atoms with Crippen molar-refractivity contribution in [2.75, 3.05) is 11.1 Å². The first-order valence-corrected chi connectivity index (χ1v) is 7.22. The molecule has 0 saturated heterocycles. The highest BCUT2D eigenvalue weighted by Gasteiger charge is 2.12. The lowest BCUT2D eigenvalue weighted by Crippen LogP contribution is -2.07. The zero-order chi connectivity index (χ0) is 13.8. The smallest absolute Gasteiger partial charge is 0.409 e. The lowest BCUT2D eigenvalue weighted by atomic mass is 10.1. The van der Waals surface area contributed by atoms with E-state index in [2.05, 4.69) is 10.3 Å². The van der Waals surface area contributed by atoms with Crippen molar-refractivity contribution in [3.05, 3.63) is 23.8 Å². The predicted molar refractivity (Wildman–Crippen MR) is 73.3 cm³/mol. The van der Waals surface area contributed by atoms with E-state index in [4.69, 9.17) is 5.11 Å². The number of hydrogen-bond acceptors (Lipinski definition) is 4. The molecule has 0 spiro atoms. The normalized spacial score (nSPS) is 14.5. The summed E-state index contributed by atoms with van der Waals surface area (Å²) in [6.45, 7) is 0. The monoisotopic (exact) mass is 282 g/mol. The minimum Gasteiger partial charge on any atom is -0.465 e. The molecule has 6 nitrogen and oxygen atoms in total. The highest BCUT2D eigenvalue weighted by Crippen LogP contribution is 2.28. The number of amides is 1. The Morgan fingerprint density at radius 3 is 2.84 bits per heavy atom. The van der Waals surface area contributed by atoms with Crippen LogP contribution in [-0.4, -0.2) is 31.1 Å². The van der Waals surface area contributed by atoms with Crippen LogP contribution >= 0.6 is 0 Å². The van der Waals surface area contributed by atoms with Gasteiger partial charge in [-0.15, -0.1) is 0 Å². The number of carboxylic acid groups (broad SMARTS) is 1. The van der Waals surface area contributed by atoms with Gasteiger partial charge in [-0.3, -0.25) is 10.3 Å². The van der Waals surface area contributed by atoms with Crippen LogP contribution in [0.15, 0.2) is 23.2 Å². The molecule has 2 N–H and O–H groups in total. The minimum atomic E-state index is -2.49. The molecule has 0 aromatic heterocycles. The number of carbonyl (C=O) groups is 1. The van der Waals surface area contributed by atoms with Gasteiger partial charge in [-0.25, -0.2) is 13.2 Å². The van der Waals surface area contributed by atoms with Gasteiger partial charge in [0.05, 0.1) is 11.4 Å². The van der Waals surface area contributed by atoms with Crippen molar-refractivity contribution in [3.8, 4) is 0 Å². The van der Waals surface area contributed by atoms with Crippen LogP contribution in [0.1, 0.15) is 18.4 Å². The third kappa shape index (κ3) is 3.78. The molecular weight excluding hydrogens is 268 g/mol. The fraction of sp³-hybridized carbons (Fsp3) is 0.333. The van der Waals surface area contributed by atoms with Gasteiger partial charge in [0.25, 0.3) is 0 Å². The molecule has 19 heavy (non-hydrogen) atoms. The maximum Gasteiger partial charge on any atom is 0.409 e. The number of rotatable bonds is 3. The number of nitrogens with zero attached hydrogens (tertiary/aromatic N) is 1. The number of aryl methyl sites for hydroxylation is 1. The third-order valence-corrected chi connectivity index (χ3v) is 3.46. The van der Waals surface area contributed by atoms with Crippen molar-refractivity contribution in [1.82, 2.24) is 0 Å². The second kappa shape index (κ2) is 5.83. The van der Waals surface area contributed by atoms with Gasteiger partial charge < -0.3 is 5.11 Å². The van der Waals surface area contributed by atoms with Crippen molar-refractivity contribution >= 4 is 33.9 Å². The Morgan fingerprint density at radius 2 is 2.16 bits per heavy atom. The van der Waals surface area contributed by atoms with Crippen LogP contribution < -0.4 is 5.32 Å². The number of aliphatic imine (C=N–C) groups is 1. The van der Waals surface area contributed by atoms with Gasteiger partial charge in [0.2, 0.25) is 0 Å². The van der Waals surface area contributed by atoms with Crippen LogP contribution in [0.3, 0.4) is 0 Å². The van der Waals surface area contributed by atoms with Crippen LogP contribution in [0, 0.1) is 0 Å². The van der Waals surface area contributed by atoms with Crippen LogP contribution in [0.2, 0.25) is 0 Å². The Hall–Kier alpha value is -1.89. The fourth-order valence-corrected chi connectivity index (χ4v) is 2.58. The maximum absolute atomic E-state index is 10.8. The van der Waals surface area contributed by atoms with Gasteiger partial charge in [-0.1, -0.05) is 6.07 Å². The summed E-state index contributed by atoms with van der Waals surface area (Å²) in [5.41, 5.74) is 2.72. The van der Waals surface area contributed by atoms with Gasteiger partial charge in [0.1, 0.15) is 10.7 Å². The molecule has 0 aliphatic carbocycles. The van der Waals surface area contributed by atoms with E-state index in [1.54, 1.807) is 12.1 Å². The van der Waals surface area contributed by atoms with E-state index < -0.39 is 16.8 Å². The highest BCUT2D eigenvalue weighted by molar-refractivity contribution is 7.73. The van der Waals surface area contributed by atoms with Crippen molar-refractivity contribution < 1.29 is 18.3 Å². The molecule has 1 aromatic rings. The average Bonchev–Trinajstić information content (AvgIpc) is 2.48. The molecule has 0 atom stereocenters. The molecule has 0 unspecified atom stereocenters. The Balaban J connectivity index is 2.34. The molecule has 1 heterocycles. The second-order valence-electron chi connectivity index (χ2n) is 4.30. The van der Waals surface area contributed by atoms with Gasteiger partial charge in [-0.2, -0.15) is 0 Å². The standard InChI is InChI=1S/C12H14N2O4S/c15-12(16)14-9-5-4-8-2-1-3-10(7-19(17)18)13-11(8)6-9/h4-6,14,19H,1-3,7H2,(H,15,16). The van der Waals surface area contributed by atoms with E-state index in [1.807, 2.05) is 6.07 Å². The molecule has 1 aromatic carbocycles. The number of anilines is 1. The molecule has 0 radical (unpaired) electrons. The van der Waals surface area contributed by atoms with Crippen molar-refractivity contribution in [2.45, 2.75) is 19.3 Å². The van der Waals surface area contributed by atoms with Gasteiger partial charge in [-0.05, 0) is 37.0 Å². The van der Waals surface area contributed by atoms with Crippen molar-refractivity contribution in [2.24, 2.45) is 4.99 Å². The maximum atomic E-state index is 10.8. The Labute approximate surface area is 112 Å². The van der Waals surface area contributed by atoms with Crippen molar-refractivity contribution in [3.63, 3.8) is 0 Å². The largest absolute Gasteiger partial charge is 0.465 e. The van der Waals surface area contributed by atoms with Gasteiger partial charge >= 0.3 is 6.09 Å². The van der Waals surface area contributed by atoms with E-state index in [0.717, 1.165) is 18.4 Å². The molecule has 0 bridgehead atoms.